The molecule has 0 bridgehead atoms. The molecule has 1 unspecified atom stereocenters. The zero-order valence-corrected chi connectivity index (χ0v) is 6.28. The maximum atomic E-state index is 12.2. The van der Waals surface area contributed by atoms with Crippen molar-refractivity contribution < 1.29 is 30.5 Å². The van der Waals surface area contributed by atoms with Gasteiger partial charge < -0.3 is 0 Å². The summed E-state index contributed by atoms with van der Waals surface area (Å²) in [5, 5.41) is -2.67. The third-order valence-corrected chi connectivity index (χ3v) is 2.88. The molecule has 0 aliphatic heterocycles. The highest BCUT2D eigenvalue weighted by molar-refractivity contribution is 7.86. The second kappa shape index (κ2) is 2.11. The van der Waals surface area contributed by atoms with E-state index < -0.39 is 33.6 Å². The molecule has 1 fully saturated rings. The van der Waals surface area contributed by atoms with E-state index in [1.165, 1.54) is 0 Å². The molecule has 0 aromatic carbocycles. The summed E-state index contributed by atoms with van der Waals surface area (Å²) in [5.74, 6) is -8.98. The van der Waals surface area contributed by atoms with Gasteiger partial charge in [0.1, 0.15) is 0 Å². The second-order valence-corrected chi connectivity index (χ2v) is 4.13. The van der Waals surface area contributed by atoms with Crippen LogP contribution in [-0.2, 0) is 10.1 Å². The zero-order valence-electron chi connectivity index (χ0n) is 5.47. The lowest BCUT2D eigenvalue weighted by Crippen LogP contribution is -2.64. The van der Waals surface area contributed by atoms with E-state index in [0.29, 0.717) is 0 Å². The van der Waals surface area contributed by atoms with Crippen LogP contribution < -0.4 is 0 Å². The first kappa shape index (κ1) is 9.72. The molecule has 1 saturated carbocycles. The Kier molecular flexibility index (Phi) is 1.71. The van der Waals surface area contributed by atoms with Gasteiger partial charge in [0.15, 0.2) is 5.25 Å². The molecule has 1 N–H and O–H groups in total. The minimum Gasteiger partial charge on any atom is -0.285 e. The standard InChI is InChI=1S/C4H4F4O3S/c5-3(6)1-2(4(3,7)8)12(9,10)11/h2H,1H2,(H,9,10,11). The van der Waals surface area contributed by atoms with E-state index in [0.717, 1.165) is 0 Å². The van der Waals surface area contributed by atoms with Crippen molar-refractivity contribution in [1.82, 2.24) is 0 Å². The topological polar surface area (TPSA) is 54.4 Å². The molecule has 3 nitrogen and oxygen atoms in total. The molecular formula is C4H4F4O3S. The van der Waals surface area contributed by atoms with Gasteiger partial charge in [-0.2, -0.15) is 26.0 Å². The summed E-state index contributed by atoms with van der Waals surface area (Å²) in [6.45, 7) is 0. The van der Waals surface area contributed by atoms with E-state index in [-0.39, 0.29) is 0 Å². The zero-order chi connectivity index (χ0) is 9.78. The monoisotopic (exact) mass is 208 g/mol. The molecule has 1 rings (SSSR count). The molecule has 12 heavy (non-hydrogen) atoms. The molecule has 0 heterocycles. The van der Waals surface area contributed by atoms with Gasteiger partial charge in [-0.3, -0.25) is 4.55 Å². The third kappa shape index (κ3) is 1.09. The fraction of sp³-hybridized carbons (Fsp3) is 1.00. The molecule has 1 aliphatic carbocycles. The Labute approximate surface area is 65.1 Å². The minimum absolute atomic E-state index is 1.53. The van der Waals surface area contributed by atoms with Crippen LogP contribution in [0.1, 0.15) is 6.42 Å². The fourth-order valence-electron chi connectivity index (χ4n) is 0.894. The van der Waals surface area contributed by atoms with E-state index in [1.807, 2.05) is 0 Å². The molecule has 0 aromatic rings. The molecule has 0 aromatic heterocycles. The molecule has 0 amide bonds. The SMILES string of the molecule is O=S(=O)(O)C1CC(F)(F)C1(F)F. The Bertz CT molecular complexity index is 295. The third-order valence-electron chi connectivity index (χ3n) is 1.69. The van der Waals surface area contributed by atoms with Gasteiger partial charge in [0, 0.05) is 6.42 Å². The molecule has 0 spiro atoms. The summed E-state index contributed by atoms with van der Waals surface area (Å²) in [6, 6.07) is 0. The molecule has 0 saturated heterocycles. The van der Waals surface area contributed by atoms with Gasteiger partial charge in [0.2, 0.25) is 0 Å². The molecule has 1 atom stereocenters. The molecule has 72 valence electrons. The maximum absolute atomic E-state index is 12.2. The summed E-state index contributed by atoms with van der Waals surface area (Å²) in [5.41, 5.74) is 0. The van der Waals surface area contributed by atoms with Crippen LogP contribution >= 0.6 is 0 Å². The van der Waals surface area contributed by atoms with E-state index >= 15 is 0 Å². The number of halogens is 4. The lowest BCUT2D eigenvalue weighted by molar-refractivity contribution is -0.271. The first-order chi connectivity index (χ1) is 5.09. The number of rotatable bonds is 1. The predicted molar refractivity (Wildman–Crippen MR) is 29.8 cm³/mol. The first-order valence-corrected chi connectivity index (χ1v) is 4.31. The van der Waals surface area contributed by atoms with Crippen molar-refractivity contribution in [1.29, 1.82) is 0 Å². The first-order valence-electron chi connectivity index (χ1n) is 2.81. The van der Waals surface area contributed by atoms with Crippen LogP contribution in [0.25, 0.3) is 0 Å². The van der Waals surface area contributed by atoms with Crippen molar-refractivity contribution in [2.45, 2.75) is 23.5 Å². The maximum Gasteiger partial charge on any atom is 0.329 e. The van der Waals surface area contributed by atoms with Crippen molar-refractivity contribution >= 4 is 10.1 Å². The summed E-state index contributed by atoms with van der Waals surface area (Å²) in [4.78, 5) is 0. The van der Waals surface area contributed by atoms with E-state index in [2.05, 4.69) is 0 Å². The Balaban J connectivity index is 2.95. The van der Waals surface area contributed by atoms with Crippen LogP contribution in [0.5, 0.6) is 0 Å². The van der Waals surface area contributed by atoms with Crippen LogP contribution in [0.4, 0.5) is 17.6 Å². The Morgan fingerprint density at radius 2 is 1.67 bits per heavy atom. The van der Waals surface area contributed by atoms with Gasteiger partial charge in [0.25, 0.3) is 10.1 Å². The second-order valence-electron chi connectivity index (χ2n) is 2.54. The van der Waals surface area contributed by atoms with Gasteiger partial charge >= 0.3 is 11.8 Å². The summed E-state index contributed by atoms with van der Waals surface area (Å²) < 4.78 is 76.5. The summed E-state index contributed by atoms with van der Waals surface area (Å²) in [7, 11) is -5.07. The van der Waals surface area contributed by atoms with Crippen LogP contribution in [0, 0.1) is 0 Å². The Hall–Kier alpha value is -0.370. The highest BCUT2D eigenvalue weighted by atomic mass is 32.2. The predicted octanol–water partition coefficient (Wildman–Crippen LogP) is 0.917. The van der Waals surface area contributed by atoms with Crippen LogP contribution in [0.15, 0.2) is 0 Å². The fourth-order valence-corrected chi connectivity index (χ4v) is 1.86. The smallest absolute Gasteiger partial charge is 0.285 e. The number of alkyl halides is 4. The van der Waals surface area contributed by atoms with Crippen LogP contribution in [0.3, 0.4) is 0 Å². The highest BCUT2D eigenvalue weighted by Gasteiger charge is 2.75. The van der Waals surface area contributed by atoms with Gasteiger partial charge in [-0.1, -0.05) is 0 Å². The normalized spacial score (nSPS) is 32.6. The Morgan fingerprint density at radius 3 is 1.75 bits per heavy atom. The molecule has 8 heteroatoms. The van der Waals surface area contributed by atoms with Gasteiger partial charge in [0.05, 0.1) is 0 Å². The van der Waals surface area contributed by atoms with Crippen LogP contribution in [0.2, 0.25) is 0 Å². The highest BCUT2D eigenvalue weighted by Crippen LogP contribution is 2.53. The minimum atomic E-state index is -5.07. The average molecular weight is 208 g/mol. The Morgan fingerprint density at radius 1 is 1.25 bits per heavy atom. The van der Waals surface area contributed by atoms with E-state index in [1.54, 1.807) is 0 Å². The number of hydrogen-bond donors (Lipinski definition) is 1. The molecule has 1 aliphatic rings. The average Bonchev–Trinajstić information content (AvgIpc) is 1.81. The van der Waals surface area contributed by atoms with Gasteiger partial charge in [-0.25, -0.2) is 0 Å². The van der Waals surface area contributed by atoms with Gasteiger partial charge in [-0.05, 0) is 0 Å². The van der Waals surface area contributed by atoms with E-state index in [4.69, 9.17) is 4.55 Å². The largest absolute Gasteiger partial charge is 0.329 e. The molecule has 0 radical (unpaired) electrons. The quantitative estimate of drug-likeness (QED) is 0.515. The number of hydrogen-bond acceptors (Lipinski definition) is 2. The van der Waals surface area contributed by atoms with Crippen molar-refractivity contribution in [2.75, 3.05) is 0 Å². The summed E-state index contributed by atoms with van der Waals surface area (Å²) >= 11 is 0. The lowest BCUT2D eigenvalue weighted by Gasteiger charge is -2.41. The van der Waals surface area contributed by atoms with Crippen LogP contribution in [-0.4, -0.2) is 30.1 Å². The van der Waals surface area contributed by atoms with Crippen molar-refractivity contribution in [2.24, 2.45) is 0 Å². The van der Waals surface area contributed by atoms with Crippen molar-refractivity contribution in [3.8, 4) is 0 Å². The van der Waals surface area contributed by atoms with Crippen molar-refractivity contribution in [3.63, 3.8) is 0 Å². The molecular weight excluding hydrogens is 204 g/mol. The van der Waals surface area contributed by atoms with Gasteiger partial charge in [-0.15, -0.1) is 0 Å². The summed E-state index contributed by atoms with van der Waals surface area (Å²) in [6.07, 6.45) is -1.53. The lowest BCUT2D eigenvalue weighted by atomic mass is 9.89. The van der Waals surface area contributed by atoms with Crippen molar-refractivity contribution in [3.05, 3.63) is 0 Å². The van der Waals surface area contributed by atoms with E-state index in [9.17, 15) is 26.0 Å².